The third kappa shape index (κ3) is 1.25. The average molecular weight is 180 g/mol. The standard InChI is InChI=1S/C8H8N2OS/c1-11-6-2-3-7-8(4-6)12-10-5-9-7/h2-5H,1H3,(H,9,10). The van der Waals surface area contributed by atoms with Gasteiger partial charge in [-0.3, -0.25) is 0 Å². The molecule has 12 heavy (non-hydrogen) atoms. The molecule has 0 aliphatic carbocycles. The van der Waals surface area contributed by atoms with E-state index in [4.69, 9.17) is 4.74 Å². The van der Waals surface area contributed by atoms with Gasteiger partial charge >= 0.3 is 0 Å². The molecule has 0 atom stereocenters. The van der Waals surface area contributed by atoms with Gasteiger partial charge in [-0.2, -0.15) is 0 Å². The van der Waals surface area contributed by atoms with Gasteiger partial charge in [-0.15, -0.1) is 0 Å². The lowest BCUT2D eigenvalue weighted by molar-refractivity contribution is 0.414. The van der Waals surface area contributed by atoms with Crippen molar-refractivity contribution < 1.29 is 4.74 Å². The van der Waals surface area contributed by atoms with Crippen LogP contribution in [-0.4, -0.2) is 13.4 Å². The van der Waals surface area contributed by atoms with Gasteiger partial charge in [-0.25, -0.2) is 4.99 Å². The lowest BCUT2D eigenvalue weighted by Gasteiger charge is -2.10. The first kappa shape index (κ1) is 7.49. The summed E-state index contributed by atoms with van der Waals surface area (Å²) in [4.78, 5) is 5.25. The minimum Gasteiger partial charge on any atom is -0.497 e. The van der Waals surface area contributed by atoms with Crippen LogP contribution in [-0.2, 0) is 0 Å². The molecule has 0 saturated heterocycles. The van der Waals surface area contributed by atoms with Crippen LogP contribution in [0.2, 0.25) is 0 Å². The van der Waals surface area contributed by atoms with Crippen LogP contribution in [0.5, 0.6) is 5.75 Å². The third-order valence-electron chi connectivity index (χ3n) is 1.59. The molecule has 0 bridgehead atoms. The van der Waals surface area contributed by atoms with Crippen LogP contribution < -0.4 is 9.46 Å². The highest BCUT2D eigenvalue weighted by molar-refractivity contribution is 7.98. The number of fused-ring (bicyclic) bond motifs is 1. The molecule has 0 unspecified atom stereocenters. The minimum absolute atomic E-state index is 0.861. The molecule has 1 heterocycles. The van der Waals surface area contributed by atoms with Crippen LogP contribution in [0.1, 0.15) is 0 Å². The van der Waals surface area contributed by atoms with Gasteiger partial charge in [0.25, 0.3) is 0 Å². The number of rotatable bonds is 1. The number of nitrogens with zero attached hydrogens (tertiary/aromatic N) is 1. The van der Waals surface area contributed by atoms with Crippen molar-refractivity contribution >= 4 is 24.0 Å². The first-order valence-corrected chi connectivity index (χ1v) is 4.35. The Bertz CT molecular complexity index is 325. The number of hydrogen-bond donors (Lipinski definition) is 1. The van der Waals surface area contributed by atoms with Crippen LogP contribution in [0.3, 0.4) is 0 Å². The summed E-state index contributed by atoms with van der Waals surface area (Å²) in [5, 5.41) is 0. The molecule has 1 aromatic rings. The van der Waals surface area contributed by atoms with Crippen LogP contribution in [0, 0.1) is 0 Å². The van der Waals surface area contributed by atoms with Crippen molar-refractivity contribution in [1.82, 2.24) is 4.72 Å². The third-order valence-corrected chi connectivity index (χ3v) is 2.36. The van der Waals surface area contributed by atoms with Gasteiger partial charge in [-0.05, 0) is 30.1 Å². The van der Waals surface area contributed by atoms with E-state index in [1.54, 1.807) is 13.4 Å². The summed E-state index contributed by atoms with van der Waals surface area (Å²) in [5.74, 6) is 0.861. The molecule has 1 aliphatic heterocycles. The Morgan fingerprint density at radius 2 is 2.42 bits per heavy atom. The second-order valence-corrected chi connectivity index (χ2v) is 3.19. The van der Waals surface area contributed by atoms with Crippen molar-refractivity contribution in [3.63, 3.8) is 0 Å². The Labute approximate surface area is 75.0 Å². The molecular weight excluding hydrogens is 172 g/mol. The SMILES string of the molecule is COc1ccc2c(c1)SNC=N2. The molecule has 4 heteroatoms. The normalized spacial score (nSPS) is 13.4. The molecule has 0 radical (unpaired) electrons. The maximum atomic E-state index is 5.09. The number of aliphatic imine (C=N–C) groups is 1. The summed E-state index contributed by atoms with van der Waals surface area (Å²) in [6.07, 6.45) is 1.68. The molecule has 0 fully saturated rings. The molecule has 0 spiro atoms. The van der Waals surface area contributed by atoms with Crippen LogP contribution in [0.15, 0.2) is 28.1 Å². The van der Waals surface area contributed by atoms with Crippen molar-refractivity contribution in [3.8, 4) is 5.75 Å². The van der Waals surface area contributed by atoms with Crippen molar-refractivity contribution in [1.29, 1.82) is 0 Å². The van der Waals surface area contributed by atoms with E-state index < -0.39 is 0 Å². The fraction of sp³-hybridized carbons (Fsp3) is 0.125. The highest BCUT2D eigenvalue weighted by atomic mass is 32.2. The quantitative estimate of drug-likeness (QED) is 0.671. The van der Waals surface area contributed by atoms with E-state index in [2.05, 4.69) is 9.71 Å². The lowest BCUT2D eigenvalue weighted by Crippen LogP contribution is -2.02. The summed E-state index contributed by atoms with van der Waals surface area (Å²) < 4.78 is 8.05. The number of methoxy groups -OCH3 is 1. The van der Waals surface area contributed by atoms with Gasteiger partial charge in [0, 0.05) is 0 Å². The second-order valence-electron chi connectivity index (χ2n) is 2.31. The smallest absolute Gasteiger partial charge is 0.120 e. The summed E-state index contributed by atoms with van der Waals surface area (Å²) >= 11 is 1.54. The zero-order valence-corrected chi connectivity index (χ0v) is 7.39. The predicted molar refractivity (Wildman–Crippen MR) is 50.1 cm³/mol. The first-order chi connectivity index (χ1) is 5.90. The summed E-state index contributed by atoms with van der Waals surface area (Å²) in [7, 11) is 1.66. The molecule has 2 rings (SSSR count). The van der Waals surface area contributed by atoms with Gasteiger partial charge in [0.05, 0.1) is 24.0 Å². The van der Waals surface area contributed by atoms with Crippen LogP contribution >= 0.6 is 11.9 Å². The van der Waals surface area contributed by atoms with E-state index in [9.17, 15) is 0 Å². The van der Waals surface area contributed by atoms with E-state index >= 15 is 0 Å². The molecule has 62 valence electrons. The Morgan fingerprint density at radius 3 is 3.25 bits per heavy atom. The van der Waals surface area contributed by atoms with Gasteiger partial charge in [0.2, 0.25) is 0 Å². The largest absolute Gasteiger partial charge is 0.497 e. The van der Waals surface area contributed by atoms with E-state index in [0.717, 1.165) is 16.3 Å². The molecule has 1 aliphatic rings. The maximum Gasteiger partial charge on any atom is 0.120 e. The predicted octanol–water partition coefficient (Wildman–Crippen LogP) is 1.97. The van der Waals surface area contributed by atoms with Crippen molar-refractivity contribution in [2.45, 2.75) is 4.90 Å². The highest BCUT2D eigenvalue weighted by Gasteiger charge is 2.06. The molecule has 1 aromatic carbocycles. The highest BCUT2D eigenvalue weighted by Crippen LogP contribution is 2.32. The second kappa shape index (κ2) is 3.06. The molecule has 1 N–H and O–H groups in total. The maximum absolute atomic E-state index is 5.09. The van der Waals surface area contributed by atoms with Gasteiger partial charge in [0.1, 0.15) is 5.75 Å². The van der Waals surface area contributed by atoms with Crippen molar-refractivity contribution in [2.24, 2.45) is 4.99 Å². The fourth-order valence-electron chi connectivity index (χ4n) is 0.996. The van der Waals surface area contributed by atoms with E-state index in [0.29, 0.717) is 0 Å². The van der Waals surface area contributed by atoms with Crippen molar-refractivity contribution in [3.05, 3.63) is 18.2 Å². The fourth-order valence-corrected chi connectivity index (χ4v) is 1.63. The Morgan fingerprint density at radius 1 is 1.50 bits per heavy atom. The average Bonchev–Trinajstić information content (AvgIpc) is 2.17. The number of nitrogens with one attached hydrogen (secondary N) is 1. The first-order valence-electron chi connectivity index (χ1n) is 3.53. The van der Waals surface area contributed by atoms with Gasteiger partial charge in [0.15, 0.2) is 0 Å². The molecule has 0 aromatic heterocycles. The lowest BCUT2D eigenvalue weighted by atomic mass is 10.3. The van der Waals surface area contributed by atoms with E-state index in [1.165, 1.54) is 11.9 Å². The zero-order valence-electron chi connectivity index (χ0n) is 6.57. The van der Waals surface area contributed by atoms with E-state index in [1.807, 2.05) is 18.2 Å². The minimum atomic E-state index is 0.861. The topological polar surface area (TPSA) is 33.6 Å². The molecule has 3 nitrogen and oxygen atoms in total. The van der Waals surface area contributed by atoms with Crippen molar-refractivity contribution in [2.75, 3.05) is 7.11 Å². The summed E-state index contributed by atoms with van der Waals surface area (Å²) in [5.41, 5.74) is 0.986. The number of ether oxygens (including phenoxy) is 1. The summed E-state index contributed by atoms with van der Waals surface area (Å²) in [6.45, 7) is 0. The Kier molecular flexibility index (Phi) is 1.91. The Balaban J connectivity index is 2.44. The zero-order chi connectivity index (χ0) is 8.39. The summed E-state index contributed by atoms with van der Waals surface area (Å²) in [6, 6.07) is 5.81. The molecule has 0 saturated carbocycles. The Hall–Kier alpha value is -1.16. The van der Waals surface area contributed by atoms with Crippen LogP contribution in [0.4, 0.5) is 5.69 Å². The monoisotopic (exact) mass is 180 g/mol. The van der Waals surface area contributed by atoms with Gasteiger partial charge < -0.3 is 9.46 Å². The van der Waals surface area contributed by atoms with Crippen LogP contribution in [0.25, 0.3) is 0 Å². The van der Waals surface area contributed by atoms with Gasteiger partial charge in [-0.1, -0.05) is 0 Å². The van der Waals surface area contributed by atoms with E-state index in [-0.39, 0.29) is 0 Å². The molecule has 0 amide bonds. The number of benzene rings is 1. The number of hydrogen-bond acceptors (Lipinski definition) is 4. The molecular formula is C8H8N2OS.